The van der Waals surface area contributed by atoms with Crippen molar-refractivity contribution in [2.45, 2.75) is 77.4 Å². The molecule has 1 fully saturated rings. The number of hydrogen-bond acceptors (Lipinski definition) is 5. The van der Waals surface area contributed by atoms with Gasteiger partial charge in [-0.3, -0.25) is 4.72 Å². The van der Waals surface area contributed by atoms with Crippen LogP contribution in [0.25, 0.3) is 0 Å². The highest BCUT2D eigenvalue weighted by molar-refractivity contribution is 7.98. The van der Waals surface area contributed by atoms with Crippen LogP contribution in [0, 0.1) is 0 Å². The van der Waals surface area contributed by atoms with E-state index in [4.69, 9.17) is 9.31 Å². The normalized spacial score (nSPS) is 22.1. The zero-order valence-electron chi connectivity index (χ0n) is 14.9. The van der Waals surface area contributed by atoms with Gasteiger partial charge >= 0.3 is 7.12 Å². The second-order valence-corrected chi connectivity index (χ2v) is 10.5. The van der Waals surface area contributed by atoms with Crippen molar-refractivity contribution in [3.63, 3.8) is 0 Å². The van der Waals surface area contributed by atoms with E-state index in [2.05, 4.69) is 71.6 Å². The summed E-state index contributed by atoms with van der Waals surface area (Å²) in [5.41, 5.74) is 0.547. The molecule has 22 heavy (non-hydrogen) atoms. The molecule has 0 aliphatic carbocycles. The average Bonchev–Trinajstić information content (AvgIpc) is 2.89. The summed E-state index contributed by atoms with van der Waals surface area (Å²) in [5, 5.41) is 2.15. The highest BCUT2D eigenvalue weighted by atomic mass is 32.2. The molecule has 0 radical (unpaired) electrons. The van der Waals surface area contributed by atoms with Gasteiger partial charge in [0.15, 0.2) is 0 Å². The Balaban J connectivity index is 2.03. The van der Waals surface area contributed by atoms with Crippen LogP contribution >= 0.6 is 23.3 Å². The minimum absolute atomic E-state index is 0.208. The first-order valence-electron chi connectivity index (χ1n) is 7.79. The first-order chi connectivity index (χ1) is 9.91. The van der Waals surface area contributed by atoms with Gasteiger partial charge in [-0.05, 0) is 72.3 Å². The number of hydrogen-bond donors (Lipinski definition) is 1. The maximum absolute atomic E-state index is 6.12. The molecule has 6 heteroatoms. The predicted molar refractivity (Wildman–Crippen MR) is 98.9 cm³/mol. The van der Waals surface area contributed by atoms with Crippen molar-refractivity contribution in [2.24, 2.45) is 0 Å². The van der Waals surface area contributed by atoms with Crippen molar-refractivity contribution in [3.05, 3.63) is 16.3 Å². The fraction of sp³-hybridized carbons (Fsp3) is 0.750. The van der Waals surface area contributed by atoms with Gasteiger partial charge < -0.3 is 9.31 Å². The third-order valence-electron chi connectivity index (χ3n) is 4.13. The smallest absolute Gasteiger partial charge is 0.399 e. The topological polar surface area (TPSA) is 30.5 Å². The highest BCUT2D eigenvalue weighted by Gasteiger charge is 2.51. The van der Waals surface area contributed by atoms with Crippen LogP contribution in [0.5, 0.6) is 0 Å². The molecule has 1 aliphatic heterocycles. The van der Waals surface area contributed by atoms with Gasteiger partial charge in [-0.15, -0.1) is 11.3 Å². The number of rotatable bonds is 4. The van der Waals surface area contributed by atoms with Crippen LogP contribution in [0.2, 0.25) is 0 Å². The Morgan fingerprint density at radius 3 is 2.23 bits per heavy atom. The molecule has 1 N–H and O–H groups in total. The Morgan fingerprint density at radius 2 is 1.73 bits per heavy atom. The minimum Gasteiger partial charge on any atom is -0.399 e. The van der Waals surface area contributed by atoms with E-state index in [1.807, 2.05) is 0 Å². The third-order valence-corrected chi connectivity index (χ3v) is 6.35. The molecular formula is C16H28BNO2S2. The lowest BCUT2D eigenvalue weighted by atomic mass is 9.81. The Kier molecular flexibility index (Phi) is 5.11. The van der Waals surface area contributed by atoms with Crippen molar-refractivity contribution >= 4 is 35.9 Å². The Labute approximate surface area is 143 Å². The van der Waals surface area contributed by atoms with Gasteiger partial charge in [0, 0.05) is 15.7 Å². The van der Waals surface area contributed by atoms with Crippen molar-refractivity contribution in [2.75, 3.05) is 0 Å². The molecule has 0 aromatic carbocycles. The van der Waals surface area contributed by atoms with Crippen LogP contribution in [-0.2, 0) is 9.31 Å². The summed E-state index contributed by atoms with van der Waals surface area (Å²) in [5.74, 6) is 0. The van der Waals surface area contributed by atoms with Crippen molar-refractivity contribution < 1.29 is 9.31 Å². The second-order valence-electron chi connectivity index (χ2n) is 7.92. The summed E-state index contributed by atoms with van der Waals surface area (Å²) < 4.78 is 16.0. The molecule has 0 saturated carbocycles. The first kappa shape index (κ1) is 18.3. The Hall–Kier alpha value is -0.00506. The standard InChI is InChI=1S/C16H28BNO2S2/c1-11(18-22-14(2,3)4)13-9-12(10-21-13)17-19-15(5,6)16(7,8)20-17/h9-11,18H,1-8H3/t11-/m1/s1. The van der Waals surface area contributed by atoms with Crippen molar-refractivity contribution in [1.82, 2.24) is 4.72 Å². The summed E-state index contributed by atoms with van der Waals surface area (Å²) in [4.78, 5) is 1.31. The number of nitrogens with one attached hydrogen (secondary N) is 1. The van der Waals surface area contributed by atoms with Crippen LogP contribution in [-0.4, -0.2) is 23.1 Å². The second kappa shape index (κ2) is 6.13. The van der Waals surface area contributed by atoms with Crippen LogP contribution in [0.3, 0.4) is 0 Å². The molecule has 0 bridgehead atoms. The largest absolute Gasteiger partial charge is 0.495 e. The molecule has 1 aromatic rings. The molecule has 0 spiro atoms. The molecule has 124 valence electrons. The molecule has 1 aromatic heterocycles. The van der Waals surface area contributed by atoms with Gasteiger partial charge in [0.25, 0.3) is 0 Å². The maximum Gasteiger partial charge on any atom is 0.495 e. The van der Waals surface area contributed by atoms with Gasteiger partial charge in [-0.2, -0.15) is 0 Å². The lowest BCUT2D eigenvalue weighted by Crippen LogP contribution is -2.41. The van der Waals surface area contributed by atoms with Crippen LogP contribution in [0.15, 0.2) is 11.4 Å². The summed E-state index contributed by atoms with van der Waals surface area (Å²) in [7, 11) is -0.266. The average molecular weight is 341 g/mol. The summed E-state index contributed by atoms with van der Waals surface area (Å²) in [6.07, 6.45) is 0. The molecule has 3 nitrogen and oxygen atoms in total. The molecule has 0 unspecified atom stereocenters. The molecule has 1 aliphatic rings. The van der Waals surface area contributed by atoms with E-state index >= 15 is 0 Å². The molecular weight excluding hydrogens is 313 g/mol. The zero-order chi connectivity index (χ0) is 16.8. The molecule has 2 heterocycles. The van der Waals surface area contributed by atoms with E-state index in [1.165, 1.54) is 4.88 Å². The monoisotopic (exact) mass is 341 g/mol. The van der Waals surface area contributed by atoms with Gasteiger partial charge in [-0.25, -0.2) is 0 Å². The van der Waals surface area contributed by atoms with Crippen LogP contribution in [0.4, 0.5) is 0 Å². The summed E-state index contributed by atoms with van der Waals surface area (Å²) >= 11 is 3.53. The van der Waals surface area contributed by atoms with E-state index in [-0.39, 0.29) is 23.1 Å². The Bertz CT molecular complexity index is 506. The van der Waals surface area contributed by atoms with Gasteiger partial charge in [0.05, 0.1) is 11.2 Å². The third kappa shape index (κ3) is 4.09. The van der Waals surface area contributed by atoms with Crippen LogP contribution in [0.1, 0.15) is 66.3 Å². The highest BCUT2D eigenvalue weighted by Crippen LogP contribution is 2.37. The summed E-state index contributed by atoms with van der Waals surface area (Å²) in [6, 6.07) is 2.51. The van der Waals surface area contributed by atoms with E-state index in [0.717, 1.165) is 5.46 Å². The SMILES string of the molecule is C[C@@H](NSC(C)(C)C)c1cc(B2OC(C)(C)C(C)(C)O2)cs1. The van der Waals surface area contributed by atoms with Gasteiger partial charge in [0.1, 0.15) is 0 Å². The van der Waals surface area contributed by atoms with Crippen molar-refractivity contribution in [3.8, 4) is 0 Å². The summed E-state index contributed by atoms with van der Waals surface area (Å²) in [6.45, 7) is 17.2. The van der Waals surface area contributed by atoms with E-state index in [1.54, 1.807) is 23.3 Å². The minimum atomic E-state index is -0.286. The lowest BCUT2D eigenvalue weighted by Gasteiger charge is -2.32. The molecule has 1 saturated heterocycles. The predicted octanol–water partition coefficient (Wildman–Crippen LogP) is 4.14. The van der Waals surface area contributed by atoms with E-state index in [9.17, 15) is 0 Å². The first-order valence-corrected chi connectivity index (χ1v) is 9.48. The van der Waals surface area contributed by atoms with Gasteiger partial charge in [0.2, 0.25) is 0 Å². The molecule has 2 rings (SSSR count). The number of thiophene rings is 1. The quantitative estimate of drug-likeness (QED) is 0.658. The van der Waals surface area contributed by atoms with E-state index in [0.29, 0.717) is 6.04 Å². The van der Waals surface area contributed by atoms with Crippen LogP contribution < -0.4 is 10.2 Å². The fourth-order valence-electron chi connectivity index (χ4n) is 2.02. The molecule has 1 atom stereocenters. The zero-order valence-corrected chi connectivity index (χ0v) is 16.6. The van der Waals surface area contributed by atoms with Gasteiger partial charge in [-0.1, -0.05) is 11.9 Å². The van der Waals surface area contributed by atoms with E-state index < -0.39 is 0 Å². The van der Waals surface area contributed by atoms with Crippen molar-refractivity contribution in [1.29, 1.82) is 0 Å². The molecule has 0 amide bonds. The fourth-order valence-corrected chi connectivity index (χ4v) is 3.67. The lowest BCUT2D eigenvalue weighted by molar-refractivity contribution is 0.00578. The maximum atomic E-state index is 6.12. The Morgan fingerprint density at radius 1 is 1.18 bits per heavy atom.